The van der Waals surface area contributed by atoms with Crippen LogP contribution < -0.4 is 5.32 Å². The first-order valence-corrected chi connectivity index (χ1v) is 7.55. The van der Waals surface area contributed by atoms with Gasteiger partial charge in [0.1, 0.15) is 0 Å². The van der Waals surface area contributed by atoms with Gasteiger partial charge in [-0.05, 0) is 43.0 Å². The van der Waals surface area contributed by atoms with Crippen molar-refractivity contribution >= 4 is 17.5 Å². The number of nitrogens with zero attached hydrogens (tertiary/aromatic N) is 2. The zero-order chi connectivity index (χ0) is 14.8. The fourth-order valence-corrected chi connectivity index (χ4v) is 3.00. The second-order valence-corrected chi connectivity index (χ2v) is 5.80. The number of hydrogen-bond donors (Lipinski definition) is 1. The highest BCUT2D eigenvalue weighted by molar-refractivity contribution is 5.97. The molecule has 0 bridgehead atoms. The van der Waals surface area contributed by atoms with Crippen LogP contribution in [-0.2, 0) is 11.2 Å². The van der Waals surface area contributed by atoms with E-state index in [4.69, 9.17) is 0 Å². The molecule has 1 aromatic rings. The minimum Gasteiger partial charge on any atom is -0.384 e. The second-order valence-electron chi connectivity index (χ2n) is 5.80. The predicted molar refractivity (Wildman–Crippen MR) is 81.4 cm³/mol. The summed E-state index contributed by atoms with van der Waals surface area (Å²) in [6, 6.07) is 5.72. The number of rotatable bonds is 3. The van der Waals surface area contributed by atoms with Crippen LogP contribution in [0.2, 0.25) is 0 Å². The Bertz CT molecular complexity index is 565. The summed E-state index contributed by atoms with van der Waals surface area (Å²) >= 11 is 0. The van der Waals surface area contributed by atoms with E-state index in [1.165, 1.54) is 10.5 Å². The van der Waals surface area contributed by atoms with Gasteiger partial charge in [0.15, 0.2) is 0 Å². The highest BCUT2D eigenvalue weighted by Gasteiger charge is 2.22. The number of nitrogens with one attached hydrogen (secondary N) is 1. The van der Waals surface area contributed by atoms with E-state index >= 15 is 0 Å². The largest absolute Gasteiger partial charge is 0.384 e. The third-order valence-electron chi connectivity index (χ3n) is 4.24. The lowest BCUT2D eigenvalue weighted by molar-refractivity contribution is -0.130. The normalized spacial score (nSPS) is 16.5. The van der Waals surface area contributed by atoms with E-state index in [1.54, 1.807) is 7.05 Å². The summed E-state index contributed by atoms with van der Waals surface area (Å²) in [6.45, 7) is 2.74. The Hall–Kier alpha value is -2.04. The summed E-state index contributed by atoms with van der Waals surface area (Å²) in [4.78, 5) is 27.9. The summed E-state index contributed by atoms with van der Waals surface area (Å²) < 4.78 is 0. The van der Waals surface area contributed by atoms with Gasteiger partial charge < -0.3 is 15.1 Å². The fraction of sp³-hybridized carbons (Fsp3) is 0.500. The van der Waals surface area contributed by atoms with Crippen LogP contribution in [0.5, 0.6) is 0 Å². The van der Waals surface area contributed by atoms with Crippen molar-refractivity contribution in [1.82, 2.24) is 9.80 Å². The van der Waals surface area contributed by atoms with Crippen LogP contribution in [0.1, 0.15) is 28.8 Å². The summed E-state index contributed by atoms with van der Waals surface area (Å²) in [5.74, 6) is -0.0385. The number of amides is 2. The van der Waals surface area contributed by atoms with Crippen molar-refractivity contribution in [1.29, 1.82) is 0 Å². The number of anilines is 1. The average Bonchev–Trinajstić information content (AvgIpc) is 3.16. The van der Waals surface area contributed by atoms with Gasteiger partial charge in [0.05, 0.1) is 6.54 Å². The maximum absolute atomic E-state index is 12.4. The monoisotopic (exact) mass is 287 g/mol. The molecule has 2 heterocycles. The van der Waals surface area contributed by atoms with Crippen molar-refractivity contribution < 1.29 is 9.59 Å². The molecule has 5 nitrogen and oxygen atoms in total. The van der Waals surface area contributed by atoms with Crippen LogP contribution in [-0.4, -0.2) is 54.8 Å². The lowest BCUT2D eigenvalue weighted by atomic mass is 10.1. The molecule has 2 aliphatic heterocycles. The van der Waals surface area contributed by atoms with Crippen LogP contribution in [0.4, 0.5) is 5.69 Å². The molecule has 5 heteroatoms. The van der Waals surface area contributed by atoms with Crippen molar-refractivity contribution in [2.75, 3.05) is 38.5 Å². The van der Waals surface area contributed by atoms with Crippen molar-refractivity contribution in [3.05, 3.63) is 29.3 Å². The van der Waals surface area contributed by atoms with E-state index in [2.05, 4.69) is 5.32 Å². The molecule has 0 radical (unpaired) electrons. The number of fused-ring (bicyclic) bond motifs is 1. The number of likely N-dealkylation sites (N-methyl/N-ethyl adjacent to an activating group) is 1. The van der Waals surface area contributed by atoms with Gasteiger partial charge in [-0.25, -0.2) is 0 Å². The molecule has 112 valence electrons. The molecule has 2 amide bonds. The molecule has 0 spiro atoms. The summed E-state index contributed by atoms with van der Waals surface area (Å²) in [5.41, 5.74) is 2.96. The van der Waals surface area contributed by atoms with Gasteiger partial charge >= 0.3 is 0 Å². The zero-order valence-corrected chi connectivity index (χ0v) is 12.4. The van der Waals surface area contributed by atoms with Gasteiger partial charge in [0.2, 0.25) is 5.91 Å². The molecule has 0 unspecified atom stereocenters. The van der Waals surface area contributed by atoms with E-state index in [9.17, 15) is 9.59 Å². The van der Waals surface area contributed by atoms with Crippen molar-refractivity contribution in [2.45, 2.75) is 19.3 Å². The number of benzene rings is 1. The molecule has 3 rings (SSSR count). The SMILES string of the molecule is CN(CC(=O)N1CCCC1)C(=O)c1ccc2c(c1)CCN2. The Morgan fingerprint density at radius 2 is 2.05 bits per heavy atom. The Morgan fingerprint density at radius 1 is 1.29 bits per heavy atom. The molecule has 0 aliphatic carbocycles. The fourth-order valence-electron chi connectivity index (χ4n) is 3.00. The molecule has 2 aliphatic rings. The molecular weight excluding hydrogens is 266 g/mol. The standard InChI is InChI=1S/C16H21N3O2/c1-18(11-15(20)19-8-2-3-9-19)16(21)13-4-5-14-12(10-13)6-7-17-14/h4-5,10,17H,2-3,6-9,11H2,1H3. The van der Waals surface area contributed by atoms with E-state index in [0.29, 0.717) is 5.56 Å². The molecule has 21 heavy (non-hydrogen) atoms. The van der Waals surface area contributed by atoms with E-state index in [1.807, 2.05) is 23.1 Å². The number of carbonyl (C=O) groups excluding carboxylic acids is 2. The Labute approximate surface area is 124 Å². The predicted octanol–water partition coefficient (Wildman–Crippen LogP) is 1.35. The van der Waals surface area contributed by atoms with Crippen LogP contribution in [0, 0.1) is 0 Å². The summed E-state index contributed by atoms with van der Waals surface area (Å²) in [7, 11) is 1.70. The van der Waals surface area contributed by atoms with Gasteiger partial charge in [-0.3, -0.25) is 9.59 Å². The first kappa shape index (κ1) is 13.9. The van der Waals surface area contributed by atoms with Gasteiger partial charge in [-0.15, -0.1) is 0 Å². The second kappa shape index (κ2) is 5.76. The lowest BCUT2D eigenvalue weighted by Crippen LogP contribution is -2.39. The third kappa shape index (κ3) is 2.86. The smallest absolute Gasteiger partial charge is 0.254 e. The first-order valence-electron chi connectivity index (χ1n) is 7.55. The van der Waals surface area contributed by atoms with E-state index in [-0.39, 0.29) is 18.4 Å². The van der Waals surface area contributed by atoms with Crippen LogP contribution in [0.25, 0.3) is 0 Å². The number of hydrogen-bond acceptors (Lipinski definition) is 3. The average molecular weight is 287 g/mol. The molecule has 1 saturated heterocycles. The van der Waals surface area contributed by atoms with E-state index in [0.717, 1.165) is 44.6 Å². The maximum atomic E-state index is 12.4. The lowest BCUT2D eigenvalue weighted by Gasteiger charge is -2.21. The topological polar surface area (TPSA) is 52.7 Å². The van der Waals surface area contributed by atoms with Crippen molar-refractivity contribution in [3.63, 3.8) is 0 Å². The highest BCUT2D eigenvalue weighted by atomic mass is 16.2. The molecule has 0 aromatic heterocycles. The van der Waals surface area contributed by atoms with Crippen LogP contribution >= 0.6 is 0 Å². The quantitative estimate of drug-likeness (QED) is 0.913. The Balaban J connectivity index is 1.65. The molecule has 1 N–H and O–H groups in total. The van der Waals surface area contributed by atoms with Crippen molar-refractivity contribution in [2.24, 2.45) is 0 Å². The minimum atomic E-state index is -0.0859. The van der Waals surface area contributed by atoms with Crippen LogP contribution in [0.3, 0.4) is 0 Å². The third-order valence-corrected chi connectivity index (χ3v) is 4.24. The maximum Gasteiger partial charge on any atom is 0.254 e. The first-order chi connectivity index (χ1) is 10.1. The van der Waals surface area contributed by atoms with Gasteiger partial charge in [-0.1, -0.05) is 0 Å². The molecule has 1 fully saturated rings. The summed E-state index contributed by atoms with van der Waals surface area (Å²) in [6.07, 6.45) is 3.09. The van der Waals surface area contributed by atoms with Crippen LogP contribution in [0.15, 0.2) is 18.2 Å². The number of carbonyl (C=O) groups is 2. The number of likely N-dealkylation sites (tertiary alicyclic amines) is 1. The molecular formula is C16H21N3O2. The highest BCUT2D eigenvalue weighted by Crippen LogP contribution is 2.23. The molecule has 0 atom stereocenters. The van der Waals surface area contributed by atoms with E-state index < -0.39 is 0 Å². The molecule has 0 saturated carbocycles. The zero-order valence-electron chi connectivity index (χ0n) is 12.4. The van der Waals surface area contributed by atoms with Gasteiger partial charge in [-0.2, -0.15) is 0 Å². The van der Waals surface area contributed by atoms with Crippen molar-refractivity contribution in [3.8, 4) is 0 Å². The summed E-state index contributed by atoms with van der Waals surface area (Å²) in [5, 5.41) is 3.28. The van der Waals surface area contributed by atoms with Gasteiger partial charge in [0.25, 0.3) is 5.91 Å². The molecule has 1 aromatic carbocycles. The Kier molecular flexibility index (Phi) is 3.82. The van der Waals surface area contributed by atoms with Gasteiger partial charge in [0, 0.05) is 37.9 Å². The Morgan fingerprint density at radius 3 is 2.81 bits per heavy atom. The minimum absolute atomic E-state index is 0.0474.